The topological polar surface area (TPSA) is 122 Å². The van der Waals surface area contributed by atoms with Gasteiger partial charge in [-0.25, -0.2) is 15.0 Å². The number of methoxy groups -OCH3 is 1. The van der Waals surface area contributed by atoms with Gasteiger partial charge < -0.3 is 20.4 Å². The van der Waals surface area contributed by atoms with Crippen LogP contribution in [-0.2, 0) is 9.53 Å². The lowest BCUT2D eigenvalue weighted by Gasteiger charge is -2.16. The van der Waals surface area contributed by atoms with Crippen molar-refractivity contribution in [2.45, 2.75) is 6.04 Å². The number of carbonyl (C=O) groups is 2. The zero-order valence-electron chi connectivity index (χ0n) is 17.1. The van der Waals surface area contributed by atoms with Crippen LogP contribution in [0.15, 0.2) is 66.7 Å². The Hall–Kier alpha value is -3.89. The summed E-state index contributed by atoms with van der Waals surface area (Å²) in [5, 5.41) is 7.72. The highest BCUT2D eigenvalue weighted by Gasteiger charge is 2.22. The Labute approximate surface area is 187 Å². The number of aromatic amines is 1. The van der Waals surface area contributed by atoms with E-state index in [1.165, 1.54) is 24.8 Å². The molecule has 1 unspecified atom stereocenters. The molecule has 32 heavy (non-hydrogen) atoms. The van der Waals surface area contributed by atoms with Crippen LogP contribution >= 0.6 is 11.3 Å². The van der Waals surface area contributed by atoms with Crippen molar-refractivity contribution in [1.29, 1.82) is 0 Å². The van der Waals surface area contributed by atoms with Crippen molar-refractivity contribution in [2.75, 3.05) is 19.0 Å². The zero-order valence-corrected chi connectivity index (χ0v) is 17.9. The van der Waals surface area contributed by atoms with Crippen molar-refractivity contribution >= 4 is 28.3 Å². The molecule has 0 saturated heterocycles. The van der Waals surface area contributed by atoms with Gasteiger partial charge in [0.1, 0.15) is 12.4 Å². The number of amides is 2. The molecule has 0 aliphatic carbocycles. The van der Waals surface area contributed by atoms with E-state index in [9.17, 15) is 9.59 Å². The largest absolute Gasteiger partial charge is 0.382 e. The van der Waals surface area contributed by atoms with Gasteiger partial charge in [-0.2, -0.15) is 0 Å². The molecule has 0 radical (unpaired) electrons. The van der Waals surface area contributed by atoms with E-state index in [1.807, 2.05) is 35.7 Å². The van der Waals surface area contributed by atoms with E-state index in [1.54, 1.807) is 24.7 Å². The average Bonchev–Trinajstić information content (AvgIpc) is 3.52. The van der Waals surface area contributed by atoms with Crippen molar-refractivity contribution < 1.29 is 14.3 Å². The Morgan fingerprint density at radius 1 is 1.19 bits per heavy atom. The smallest absolute Gasteiger partial charge is 0.253 e. The van der Waals surface area contributed by atoms with Crippen LogP contribution in [0.2, 0.25) is 0 Å². The van der Waals surface area contributed by atoms with Crippen LogP contribution in [0.5, 0.6) is 0 Å². The van der Waals surface area contributed by atoms with Crippen molar-refractivity contribution in [1.82, 2.24) is 25.3 Å². The number of nitrogens with zero attached hydrogens (tertiary/aromatic N) is 3. The highest BCUT2D eigenvalue weighted by Crippen LogP contribution is 2.28. The predicted octanol–water partition coefficient (Wildman–Crippen LogP) is 2.98. The second kappa shape index (κ2) is 9.94. The summed E-state index contributed by atoms with van der Waals surface area (Å²) in [5.74, 6) is -0.781. The lowest BCUT2D eigenvalue weighted by molar-refractivity contribution is -0.119. The van der Waals surface area contributed by atoms with Crippen LogP contribution in [0.1, 0.15) is 10.4 Å². The summed E-state index contributed by atoms with van der Waals surface area (Å²) in [4.78, 5) is 40.6. The number of carbonyl (C=O) groups excluding carboxylic acids is 2. The van der Waals surface area contributed by atoms with Gasteiger partial charge in [0.25, 0.3) is 11.8 Å². The number of ether oxygens (including phenoxy) is 1. The van der Waals surface area contributed by atoms with Gasteiger partial charge in [-0.15, -0.1) is 11.3 Å². The Morgan fingerprint density at radius 3 is 2.75 bits per heavy atom. The monoisotopic (exact) mass is 448 g/mol. The summed E-state index contributed by atoms with van der Waals surface area (Å²) in [6, 6.07) is 10.4. The first-order chi connectivity index (χ1) is 15.6. The summed E-state index contributed by atoms with van der Waals surface area (Å²) < 4.78 is 5.10. The lowest BCUT2D eigenvalue weighted by atomic mass is 10.1. The van der Waals surface area contributed by atoms with E-state index in [0.29, 0.717) is 10.7 Å². The number of rotatable bonds is 8. The maximum absolute atomic E-state index is 12.7. The van der Waals surface area contributed by atoms with Crippen LogP contribution in [0.25, 0.3) is 22.5 Å². The van der Waals surface area contributed by atoms with E-state index in [2.05, 4.69) is 30.6 Å². The standard InChI is InChI=1S/C22H20N6O3S/c1-31-11-18(26-20(29)16-5-7-23-10-16)21(30)28-22-27-19(12-32-22)15-4-2-3-14(9-15)17-6-8-24-13-25-17/h2-10,12-13,18,23H,11H2,1H3,(H,26,29)(H,27,28,30). The van der Waals surface area contributed by atoms with Gasteiger partial charge in [-0.3, -0.25) is 9.59 Å². The van der Waals surface area contributed by atoms with E-state index in [0.717, 1.165) is 22.5 Å². The van der Waals surface area contributed by atoms with E-state index >= 15 is 0 Å². The number of thiazole rings is 1. The van der Waals surface area contributed by atoms with Crippen LogP contribution < -0.4 is 10.6 Å². The molecule has 9 nitrogen and oxygen atoms in total. The van der Waals surface area contributed by atoms with Gasteiger partial charge >= 0.3 is 0 Å². The Kier molecular flexibility index (Phi) is 6.63. The first kappa shape index (κ1) is 21.3. The van der Waals surface area contributed by atoms with Gasteiger partial charge in [-0.1, -0.05) is 18.2 Å². The fourth-order valence-corrected chi connectivity index (χ4v) is 3.73. The summed E-state index contributed by atoms with van der Waals surface area (Å²) >= 11 is 1.30. The highest BCUT2D eigenvalue weighted by molar-refractivity contribution is 7.14. The molecule has 0 aliphatic rings. The lowest BCUT2D eigenvalue weighted by Crippen LogP contribution is -2.46. The molecule has 3 heterocycles. The third kappa shape index (κ3) is 5.05. The van der Waals surface area contributed by atoms with Gasteiger partial charge in [0.15, 0.2) is 5.13 Å². The van der Waals surface area contributed by atoms with Crippen LogP contribution in [-0.4, -0.2) is 51.5 Å². The van der Waals surface area contributed by atoms with E-state index < -0.39 is 11.9 Å². The number of anilines is 1. The van der Waals surface area contributed by atoms with E-state index in [-0.39, 0.29) is 12.5 Å². The molecule has 2 amide bonds. The van der Waals surface area contributed by atoms with E-state index in [4.69, 9.17) is 4.74 Å². The molecule has 10 heteroatoms. The highest BCUT2D eigenvalue weighted by atomic mass is 32.1. The number of hydrogen-bond acceptors (Lipinski definition) is 7. The molecule has 4 aromatic rings. The van der Waals surface area contributed by atoms with Crippen LogP contribution in [0, 0.1) is 0 Å². The van der Waals surface area contributed by atoms with Gasteiger partial charge in [0.2, 0.25) is 0 Å². The Morgan fingerprint density at radius 2 is 2.03 bits per heavy atom. The third-order valence-corrected chi connectivity index (χ3v) is 5.34. The molecule has 0 fully saturated rings. The second-order valence-corrected chi connectivity index (χ2v) is 7.64. The van der Waals surface area contributed by atoms with Gasteiger partial charge in [0.05, 0.1) is 23.6 Å². The Bertz CT molecular complexity index is 1190. The number of benzene rings is 1. The molecule has 0 bridgehead atoms. The first-order valence-electron chi connectivity index (χ1n) is 9.70. The van der Waals surface area contributed by atoms with Crippen molar-refractivity contribution in [2.24, 2.45) is 0 Å². The minimum absolute atomic E-state index is 0.0290. The van der Waals surface area contributed by atoms with Gasteiger partial charge in [0, 0.05) is 42.2 Å². The maximum Gasteiger partial charge on any atom is 0.253 e. The molecule has 162 valence electrons. The van der Waals surface area contributed by atoms with Crippen molar-refractivity contribution in [3.63, 3.8) is 0 Å². The molecule has 0 spiro atoms. The number of hydrogen-bond donors (Lipinski definition) is 3. The molecule has 1 aromatic carbocycles. The predicted molar refractivity (Wildman–Crippen MR) is 121 cm³/mol. The fourth-order valence-electron chi connectivity index (χ4n) is 3.01. The fraction of sp³-hybridized carbons (Fsp3) is 0.136. The number of H-pyrrole nitrogens is 1. The number of aromatic nitrogens is 4. The SMILES string of the molecule is COCC(NC(=O)c1cc[nH]c1)C(=O)Nc1nc(-c2cccc(-c3ccncn3)c2)cs1. The normalized spacial score (nSPS) is 11.7. The maximum atomic E-state index is 12.7. The summed E-state index contributed by atoms with van der Waals surface area (Å²) in [7, 11) is 1.47. The van der Waals surface area contributed by atoms with Crippen LogP contribution in [0.3, 0.4) is 0 Å². The molecular weight excluding hydrogens is 428 g/mol. The quantitative estimate of drug-likeness (QED) is 0.381. The van der Waals surface area contributed by atoms with Crippen molar-refractivity contribution in [3.05, 3.63) is 72.3 Å². The number of nitrogens with one attached hydrogen (secondary N) is 3. The average molecular weight is 449 g/mol. The summed E-state index contributed by atoms with van der Waals surface area (Å²) in [6.07, 6.45) is 6.39. The molecule has 1 atom stereocenters. The Balaban J connectivity index is 1.46. The first-order valence-corrected chi connectivity index (χ1v) is 10.6. The molecule has 0 saturated carbocycles. The molecule has 0 aliphatic heterocycles. The molecular formula is C22H20N6O3S. The molecule has 3 aromatic heterocycles. The van der Waals surface area contributed by atoms with Gasteiger partial charge in [-0.05, 0) is 18.2 Å². The molecule has 4 rings (SSSR count). The second-order valence-electron chi connectivity index (χ2n) is 6.78. The zero-order chi connectivity index (χ0) is 22.3. The minimum Gasteiger partial charge on any atom is -0.382 e. The van der Waals surface area contributed by atoms with Crippen LogP contribution in [0.4, 0.5) is 5.13 Å². The minimum atomic E-state index is -0.865. The van der Waals surface area contributed by atoms with Crippen molar-refractivity contribution in [3.8, 4) is 22.5 Å². The third-order valence-electron chi connectivity index (χ3n) is 4.59. The molecule has 3 N–H and O–H groups in total. The summed E-state index contributed by atoms with van der Waals surface area (Å²) in [5.41, 5.74) is 3.80. The summed E-state index contributed by atoms with van der Waals surface area (Å²) in [6.45, 7) is 0.0290.